The molecule has 0 aliphatic carbocycles. The molecule has 106 valence electrons. The fraction of sp³-hybridized carbons (Fsp3) is 0.533. The van der Waals surface area contributed by atoms with Gasteiger partial charge in [0.2, 0.25) is 0 Å². The molecule has 0 spiro atoms. The Balaban J connectivity index is 2.13. The molecule has 0 aliphatic heterocycles. The third-order valence-electron chi connectivity index (χ3n) is 2.85. The molecule has 0 radical (unpaired) electrons. The molecule has 1 rings (SSSR count). The van der Waals surface area contributed by atoms with Crippen LogP contribution in [-0.2, 0) is 16.2 Å². The van der Waals surface area contributed by atoms with Crippen LogP contribution in [0.5, 0.6) is 0 Å². The van der Waals surface area contributed by atoms with Gasteiger partial charge in [0.1, 0.15) is 0 Å². The normalized spacial score (nSPS) is 12.1. The van der Waals surface area contributed by atoms with Crippen LogP contribution >= 0.6 is 15.9 Å². The first kappa shape index (κ1) is 16.2. The van der Waals surface area contributed by atoms with Gasteiger partial charge in [0, 0.05) is 0 Å². The Morgan fingerprint density at radius 1 is 1.26 bits per heavy atom. The summed E-state index contributed by atoms with van der Waals surface area (Å²) in [5, 5.41) is 0. The maximum atomic E-state index is 11.7. The number of nitrogens with one attached hydrogen (secondary N) is 1. The predicted octanol–water partition coefficient (Wildman–Crippen LogP) is 3.97. The standard InChI is InChI=1S/C15H22BrNO2/c1-2-3-4-8-11-14(16)15(18)17-19-12-13-9-6-5-7-10-13/h5-7,9-10,14H,2-4,8,11-12H2,1H3,(H,17,18). The monoisotopic (exact) mass is 327 g/mol. The molecule has 1 N–H and O–H groups in total. The second-order valence-electron chi connectivity index (χ2n) is 4.56. The van der Waals surface area contributed by atoms with Crippen LogP contribution < -0.4 is 5.48 Å². The molecule has 1 aromatic carbocycles. The van der Waals surface area contributed by atoms with E-state index in [1.165, 1.54) is 19.3 Å². The molecule has 0 aliphatic rings. The maximum Gasteiger partial charge on any atom is 0.257 e. The first-order valence-electron chi connectivity index (χ1n) is 6.83. The summed E-state index contributed by atoms with van der Waals surface area (Å²) in [5.74, 6) is -0.104. The molecule has 0 fully saturated rings. The number of unbranched alkanes of at least 4 members (excludes halogenated alkanes) is 3. The summed E-state index contributed by atoms with van der Waals surface area (Å²) in [7, 11) is 0. The van der Waals surface area contributed by atoms with E-state index in [9.17, 15) is 4.79 Å². The zero-order valence-electron chi connectivity index (χ0n) is 11.4. The summed E-state index contributed by atoms with van der Waals surface area (Å²) in [5.41, 5.74) is 3.52. The van der Waals surface area contributed by atoms with Gasteiger partial charge in [0.15, 0.2) is 0 Å². The van der Waals surface area contributed by atoms with Gasteiger partial charge in [0.05, 0.1) is 11.4 Å². The van der Waals surface area contributed by atoms with E-state index in [0.29, 0.717) is 6.61 Å². The molecule has 19 heavy (non-hydrogen) atoms. The number of hydrogen-bond donors (Lipinski definition) is 1. The van der Waals surface area contributed by atoms with Gasteiger partial charge in [-0.2, -0.15) is 0 Å². The molecule has 0 aromatic heterocycles. The van der Waals surface area contributed by atoms with Crippen molar-refractivity contribution in [3.8, 4) is 0 Å². The Hall–Kier alpha value is -0.870. The van der Waals surface area contributed by atoms with E-state index in [2.05, 4.69) is 28.3 Å². The second kappa shape index (κ2) is 9.98. The fourth-order valence-electron chi connectivity index (χ4n) is 1.71. The van der Waals surface area contributed by atoms with Crippen LogP contribution in [0.1, 0.15) is 44.6 Å². The molecule has 3 nitrogen and oxygen atoms in total. The van der Waals surface area contributed by atoms with Gasteiger partial charge >= 0.3 is 0 Å². The zero-order chi connectivity index (χ0) is 13.9. The van der Waals surface area contributed by atoms with Crippen molar-refractivity contribution in [3.63, 3.8) is 0 Å². The van der Waals surface area contributed by atoms with E-state index in [-0.39, 0.29) is 10.7 Å². The lowest BCUT2D eigenvalue weighted by molar-refractivity contribution is -0.133. The van der Waals surface area contributed by atoms with Gasteiger partial charge in [-0.15, -0.1) is 0 Å². The molecule has 1 atom stereocenters. The van der Waals surface area contributed by atoms with E-state index in [1.54, 1.807) is 0 Å². The van der Waals surface area contributed by atoms with Gasteiger partial charge in [-0.1, -0.05) is 78.9 Å². The first-order valence-corrected chi connectivity index (χ1v) is 7.75. The number of carbonyl (C=O) groups excluding carboxylic acids is 1. The number of carbonyl (C=O) groups is 1. The maximum absolute atomic E-state index is 11.7. The van der Waals surface area contributed by atoms with Crippen LogP contribution in [0, 0.1) is 0 Å². The van der Waals surface area contributed by atoms with Crippen molar-refractivity contribution in [1.82, 2.24) is 5.48 Å². The smallest absolute Gasteiger partial charge is 0.257 e. The average Bonchev–Trinajstić information content (AvgIpc) is 2.44. The van der Waals surface area contributed by atoms with Gasteiger partial charge in [0.25, 0.3) is 5.91 Å². The lowest BCUT2D eigenvalue weighted by Gasteiger charge is -2.10. The lowest BCUT2D eigenvalue weighted by Crippen LogP contribution is -2.31. The lowest BCUT2D eigenvalue weighted by atomic mass is 10.1. The van der Waals surface area contributed by atoms with Crippen molar-refractivity contribution in [2.24, 2.45) is 0 Å². The number of hydroxylamine groups is 1. The number of halogens is 1. The van der Waals surface area contributed by atoms with Crippen LogP contribution in [0.25, 0.3) is 0 Å². The van der Waals surface area contributed by atoms with E-state index in [1.807, 2.05) is 30.3 Å². The molecule has 1 aromatic rings. The quantitative estimate of drug-likeness (QED) is 0.423. The Labute approximate surface area is 123 Å². The highest BCUT2D eigenvalue weighted by Gasteiger charge is 2.14. The Morgan fingerprint density at radius 2 is 2.00 bits per heavy atom. The Bertz CT molecular complexity index is 356. The topological polar surface area (TPSA) is 38.3 Å². The largest absolute Gasteiger partial charge is 0.272 e. The summed E-state index contributed by atoms with van der Waals surface area (Å²) in [4.78, 5) is 16.7. The summed E-state index contributed by atoms with van der Waals surface area (Å²) in [6, 6.07) is 9.76. The number of amides is 1. The third-order valence-corrected chi connectivity index (χ3v) is 3.72. The minimum Gasteiger partial charge on any atom is -0.272 e. The molecular formula is C15H22BrNO2. The molecule has 0 bridgehead atoms. The highest BCUT2D eigenvalue weighted by atomic mass is 79.9. The minimum atomic E-state index is -0.167. The van der Waals surface area contributed by atoms with Gasteiger partial charge < -0.3 is 0 Å². The third kappa shape index (κ3) is 7.33. The van der Waals surface area contributed by atoms with Crippen LogP contribution in [0.3, 0.4) is 0 Å². The summed E-state index contributed by atoms with van der Waals surface area (Å²) < 4.78 is 0. The van der Waals surface area contributed by atoms with Crippen LogP contribution in [0.2, 0.25) is 0 Å². The Kier molecular flexibility index (Phi) is 8.50. The van der Waals surface area contributed by atoms with Crippen LogP contribution in [-0.4, -0.2) is 10.7 Å². The van der Waals surface area contributed by atoms with E-state index >= 15 is 0 Å². The number of hydrogen-bond acceptors (Lipinski definition) is 2. The first-order chi connectivity index (χ1) is 9.24. The predicted molar refractivity (Wildman–Crippen MR) is 80.8 cm³/mol. The number of alkyl halides is 1. The Morgan fingerprint density at radius 3 is 2.68 bits per heavy atom. The zero-order valence-corrected chi connectivity index (χ0v) is 13.0. The van der Waals surface area contributed by atoms with Gasteiger partial charge in [-0.05, 0) is 12.0 Å². The molecule has 1 amide bonds. The summed E-state index contributed by atoms with van der Waals surface area (Å²) in [6.45, 7) is 2.57. The second-order valence-corrected chi connectivity index (χ2v) is 5.66. The SMILES string of the molecule is CCCCCCC(Br)C(=O)NOCc1ccccc1. The van der Waals surface area contributed by atoms with E-state index < -0.39 is 0 Å². The minimum absolute atomic E-state index is 0.104. The van der Waals surface area contributed by atoms with Crippen molar-refractivity contribution in [2.45, 2.75) is 50.5 Å². The number of rotatable bonds is 9. The van der Waals surface area contributed by atoms with E-state index in [4.69, 9.17) is 4.84 Å². The number of benzene rings is 1. The van der Waals surface area contributed by atoms with Crippen molar-refractivity contribution in [3.05, 3.63) is 35.9 Å². The van der Waals surface area contributed by atoms with Crippen molar-refractivity contribution < 1.29 is 9.63 Å². The van der Waals surface area contributed by atoms with Gasteiger partial charge in [-0.3, -0.25) is 9.63 Å². The highest BCUT2D eigenvalue weighted by Crippen LogP contribution is 2.12. The molecule has 0 heterocycles. The molecular weight excluding hydrogens is 306 g/mol. The van der Waals surface area contributed by atoms with Gasteiger partial charge in [-0.25, -0.2) is 5.48 Å². The van der Waals surface area contributed by atoms with Crippen LogP contribution in [0.4, 0.5) is 0 Å². The molecule has 0 saturated carbocycles. The summed E-state index contributed by atoms with van der Waals surface area (Å²) in [6.07, 6.45) is 5.53. The molecule has 4 heteroatoms. The molecule has 1 unspecified atom stereocenters. The van der Waals surface area contributed by atoms with Crippen LogP contribution in [0.15, 0.2) is 30.3 Å². The van der Waals surface area contributed by atoms with E-state index in [0.717, 1.165) is 18.4 Å². The van der Waals surface area contributed by atoms with Crippen molar-refractivity contribution >= 4 is 21.8 Å². The fourth-order valence-corrected chi connectivity index (χ4v) is 2.13. The molecule has 0 saturated heterocycles. The highest BCUT2D eigenvalue weighted by molar-refractivity contribution is 9.10. The van der Waals surface area contributed by atoms with Crippen molar-refractivity contribution in [2.75, 3.05) is 0 Å². The van der Waals surface area contributed by atoms with Crippen molar-refractivity contribution in [1.29, 1.82) is 0 Å². The average molecular weight is 328 g/mol. The summed E-state index contributed by atoms with van der Waals surface area (Å²) >= 11 is 3.39.